The number of benzene rings is 2. The Kier molecular flexibility index (Phi) is 8.16. The predicted octanol–water partition coefficient (Wildman–Crippen LogP) is 5.97. The molecule has 2 aromatic carbocycles. The van der Waals surface area contributed by atoms with Crippen molar-refractivity contribution in [3.8, 4) is 5.75 Å². The number of Topliss-reactive ketones (excluding diaryl/α,β-unsaturated/α-hetero) is 1. The lowest BCUT2D eigenvalue weighted by Crippen LogP contribution is -2.44. The van der Waals surface area contributed by atoms with Crippen LogP contribution in [0.1, 0.15) is 58.9 Å². The van der Waals surface area contributed by atoms with Gasteiger partial charge in [-0.05, 0) is 62.4 Å². The molecule has 1 unspecified atom stereocenters. The lowest BCUT2D eigenvalue weighted by molar-refractivity contribution is -0.140. The highest BCUT2D eigenvalue weighted by Gasteiger charge is 2.47. The molecule has 37 heavy (non-hydrogen) atoms. The van der Waals surface area contributed by atoms with Crippen molar-refractivity contribution in [2.45, 2.75) is 53.4 Å². The second-order valence-corrected chi connectivity index (χ2v) is 10.6. The first-order chi connectivity index (χ1) is 17.7. The highest BCUT2D eigenvalue weighted by atomic mass is 16.6. The van der Waals surface area contributed by atoms with Gasteiger partial charge in [0.1, 0.15) is 24.7 Å². The summed E-state index contributed by atoms with van der Waals surface area (Å²) in [4.78, 5) is 34.0. The van der Waals surface area contributed by atoms with Gasteiger partial charge in [0.15, 0.2) is 0 Å². The first kappa shape index (κ1) is 26.6. The zero-order valence-electron chi connectivity index (χ0n) is 22.6. The topological polar surface area (TPSA) is 68.2 Å². The van der Waals surface area contributed by atoms with Crippen molar-refractivity contribution in [3.05, 3.63) is 71.4 Å². The zero-order valence-corrected chi connectivity index (χ0v) is 22.6. The van der Waals surface area contributed by atoms with Crippen molar-refractivity contribution >= 4 is 23.2 Å². The molecule has 2 aromatic rings. The van der Waals surface area contributed by atoms with Crippen molar-refractivity contribution in [1.29, 1.82) is 0 Å². The summed E-state index contributed by atoms with van der Waals surface area (Å²) in [6.45, 7) is 12.5. The van der Waals surface area contributed by atoms with Gasteiger partial charge in [0, 0.05) is 42.5 Å². The number of para-hydroxylation sites is 1. The van der Waals surface area contributed by atoms with E-state index in [1.54, 1.807) is 0 Å². The van der Waals surface area contributed by atoms with Crippen LogP contribution in [-0.4, -0.2) is 43.8 Å². The van der Waals surface area contributed by atoms with Gasteiger partial charge in [0.25, 0.3) is 0 Å². The number of allylic oxidation sites excluding steroid dienone is 1. The molecule has 1 aliphatic heterocycles. The average molecular weight is 503 g/mol. The normalized spacial score (nSPS) is 20.7. The zero-order chi connectivity index (χ0) is 26.6. The lowest BCUT2D eigenvalue weighted by Gasteiger charge is -2.41. The third kappa shape index (κ3) is 5.95. The van der Waals surface area contributed by atoms with Crippen LogP contribution >= 0.6 is 0 Å². The Labute approximate surface area is 220 Å². The third-order valence-corrected chi connectivity index (χ3v) is 7.29. The number of carbonyl (C=O) groups is 2. The van der Waals surface area contributed by atoms with E-state index in [0.29, 0.717) is 17.7 Å². The lowest BCUT2D eigenvalue weighted by atomic mass is 9.63. The van der Waals surface area contributed by atoms with Crippen LogP contribution in [0.5, 0.6) is 5.75 Å². The smallest absolute Gasteiger partial charge is 0.336 e. The van der Waals surface area contributed by atoms with Crippen molar-refractivity contribution in [2.24, 2.45) is 16.3 Å². The first-order valence-corrected chi connectivity index (χ1v) is 13.2. The first-order valence-electron chi connectivity index (χ1n) is 13.2. The number of hydrogen-bond donors (Lipinski definition) is 0. The maximum Gasteiger partial charge on any atom is 0.336 e. The Morgan fingerprint density at radius 1 is 0.973 bits per heavy atom. The van der Waals surface area contributed by atoms with Crippen LogP contribution in [0, 0.1) is 11.3 Å². The summed E-state index contributed by atoms with van der Waals surface area (Å²) < 4.78 is 11.4. The van der Waals surface area contributed by atoms with E-state index in [2.05, 4.69) is 44.7 Å². The Morgan fingerprint density at radius 2 is 1.65 bits per heavy atom. The Morgan fingerprint density at radius 3 is 2.30 bits per heavy atom. The number of esters is 1. The van der Waals surface area contributed by atoms with E-state index >= 15 is 0 Å². The molecule has 2 atom stereocenters. The Hall–Kier alpha value is -3.41. The number of fused-ring (bicyclic) bond motifs is 1. The van der Waals surface area contributed by atoms with Crippen LogP contribution in [0.15, 0.2) is 70.9 Å². The van der Waals surface area contributed by atoms with Crippen LogP contribution in [0.4, 0.5) is 5.69 Å². The van der Waals surface area contributed by atoms with E-state index < -0.39 is 17.8 Å². The largest absolute Gasteiger partial charge is 0.490 e. The molecule has 0 bridgehead atoms. The average Bonchev–Trinajstić information content (AvgIpc) is 2.86. The Bertz CT molecular complexity index is 1180. The summed E-state index contributed by atoms with van der Waals surface area (Å²) >= 11 is 0. The highest BCUT2D eigenvalue weighted by Crippen LogP contribution is 2.47. The van der Waals surface area contributed by atoms with Crippen molar-refractivity contribution in [3.63, 3.8) is 0 Å². The molecule has 0 radical (unpaired) electrons. The monoisotopic (exact) mass is 502 g/mol. The molecule has 1 fully saturated rings. The van der Waals surface area contributed by atoms with Crippen LogP contribution in [0.2, 0.25) is 0 Å². The molecule has 4 rings (SSSR count). The molecule has 2 aliphatic rings. The van der Waals surface area contributed by atoms with Gasteiger partial charge in [-0.15, -0.1) is 0 Å². The second kappa shape index (κ2) is 11.3. The molecular weight excluding hydrogens is 464 g/mol. The maximum absolute atomic E-state index is 13.5. The van der Waals surface area contributed by atoms with Gasteiger partial charge in [-0.25, -0.2) is 4.79 Å². The number of rotatable bonds is 9. The van der Waals surface area contributed by atoms with E-state index in [1.807, 2.05) is 49.4 Å². The number of nitrogens with zero attached hydrogens (tertiary/aromatic N) is 2. The molecule has 0 spiro atoms. The number of hydrogen-bond acceptors (Lipinski definition) is 6. The molecule has 0 aromatic heterocycles. The van der Waals surface area contributed by atoms with E-state index in [-0.39, 0.29) is 24.4 Å². The molecule has 6 nitrogen and oxygen atoms in total. The summed E-state index contributed by atoms with van der Waals surface area (Å²) in [6, 6.07) is 17.7. The second-order valence-electron chi connectivity index (χ2n) is 10.6. The van der Waals surface area contributed by atoms with E-state index in [9.17, 15) is 9.59 Å². The van der Waals surface area contributed by atoms with Crippen LogP contribution in [0.3, 0.4) is 0 Å². The number of aliphatic imine (C=N–C) groups is 1. The SMILES string of the molecule is CCN(CC)c1ccc([C@H]2C(C(=O)OCCOc3ccccc3)=C(C)N=C3CC(C)(C)CC(=O)C32)cc1. The van der Waals surface area contributed by atoms with Gasteiger partial charge in [-0.2, -0.15) is 0 Å². The molecule has 1 saturated carbocycles. The molecule has 0 saturated heterocycles. The molecule has 0 amide bonds. The molecule has 6 heteroatoms. The van der Waals surface area contributed by atoms with Gasteiger partial charge in [-0.1, -0.05) is 44.2 Å². The van der Waals surface area contributed by atoms with Crippen LogP contribution < -0.4 is 9.64 Å². The standard InChI is InChI=1S/C31H38N2O4/c1-6-33(7-2)23-15-13-22(14-16-23)28-27(30(35)37-18-17-36-24-11-9-8-10-12-24)21(3)32-25-19-31(4,5)20-26(34)29(25)28/h8-16,28-29H,6-7,17-20H2,1-5H3/t28-,29?/m0/s1. The summed E-state index contributed by atoms with van der Waals surface area (Å²) in [5, 5.41) is 0. The summed E-state index contributed by atoms with van der Waals surface area (Å²) in [5.41, 5.74) is 3.89. The fourth-order valence-electron chi connectivity index (χ4n) is 5.59. The van der Waals surface area contributed by atoms with Gasteiger partial charge < -0.3 is 14.4 Å². The number of anilines is 1. The van der Waals surface area contributed by atoms with E-state index in [0.717, 1.165) is 42.2 Å². The minimum atomic E-state index is -0.445. The molecular formula is C31H38N2O4. The third-order valence-electron chi connectivity index (χ3n) is 7.29. The van der Waals surface area contributed by atoms with Gasteiger partial charge in [0.05, 0.1) is 11.5 Å². The number of ether oxygens (including phenoxy) is 2. The van der Waals surface area contributed by atoms with Gasteiger partial charge >= 0.3 is 5.97 Å². The summed E-state index contributed by atoms with van der Waals surface area (Å²) in [5.74, 6) is -0.434. The highest BCUT2D eigenvalue weighted by molar-refractivity contribution is 6.12. The number of carbonyl (C=O) groups excluding carboxylic acids is 2. The van der Waals surface area contributed by atoms with E-state index in [1.165, 1.54) is 0 Å². The number of ketones is 1. The fraction of sp³-hybridized carbons (Fsp3) is 0.452. The quantitative estimate of drug-likeness (QED) is 0.312. The molecule has 196 valence electrons. The van der Waals surface area contributed by atoms with Crippen LogP contribution in [0.25, 0.3) is 0 Å². The summed E-state index contributed by atoms with van der Waals surface area (Å²) in [6.07, 6.45) is 1.21. The van der Waals surface area contributed by atoms with Crippen molar-refractivity contribution in [2.75, 3.05) is 31.2 Å². The van der Waals surface area contributed by atoms with Gasteiger partial charge in [-0.3, -0.25) is 9.79 Å². The molecule has 1 heterocycles. The van der Waals surface area contributed by atoms with Crippen molar-refractivity contribution in [1.82, 2.24) is 0 Å². The van der Waals surface area contributed by atoms with Gasteiger partial charge in [0.2, 0.25) is 0 Å². The maximum atomic E-state index is 13.5. The Balaban J connectivity index is 1.62. The van der Waals surface area contributed by atoms with E-state index in [4.69, 9.17) is 14.5 Å². The predicted molar refractivity (Wildman–Crippen MR) is 147 cm³/mol. The summed E-state index contributed by atoms with van der Waals surface area (Å²) in [7, 11) is 0. The molecule has 1 aliphatic carbocycles. The fourth-order valence-corrected chi connectivity index (χ4v) is 5.59. The minimum absolute atomic E-state index is 0.111. The van der Waals surface area contributed by atoms with Crippen LogP contribution in [-0.2, 0) is 14.3 Å². The van der Waals surface area contributed by atoms with Crippen molar-refractivity contribution < 1.29 is 19.1 Å². The molecule has 0 N–H and O–H groups in total. The minimum Gasteiger partial charge on any atom is -0.490 e.